The van der Waals surface area contributed by atoms with E-state index in [0.29, 0.717) is 41.2 Å². The van der Waals surface area contributed by atoms with Crippen LogP contribution in [0.15, 0.2) is 133 Å². The highest BCUT2D eigenvalue weighted by Crippen LogP contribution is 2.40. The summed E-state index contributed by atoms with van der Waals surface area (Å²) < 4.78 is 0. The van der Waals surface area contributed by atoms with Crippen molar-refractivity contribution < 1.29 is 19.8 Å². The standard InChI is InChI=1S/C13H19N.C13H18O.C13H16O.C13H18O.C13H16O.C13H18.C12H16/c1-13(2,3)10-6-4-9-5-7-12(14)11(9)8-10;2*1-9(2)10-6-7-12-11(8-10)4-3-5-13(12)14;2*1-9(2)11-7-6-10-4-3-5-13(14)12(10)8-11;1-9(2)12-7-6-11-5-4-10(3)13(11)8-12;1-9(2)11-8-7-10-5-3-4-6-12(10)11/h4,6,8,12H,5,7,14H2,1-3H3;6-9,13-14H,3-5H2,1-2H3;6-9H,3-5H2,1-2H3;6-9,13-14H,3-5H2,1-2H3;6-9H,3-5H2,1-2H3;6-10H,4-5H2,1-3H3;3-6,9,11H,7-8H2,1-2H3. The Morgan fingerprint density at radius 3 is 1.42 bits per heavy atom. The normalized spacial score (nSPS) is 19.5. The second-order valence-electron chi connectivity index (χ2n) is 31.7. The van der Waals surface area contributed by atoms with E-state index in [4.69, 9.17) is 5.73 Å². The highest BCUT2D eigenvalue weighted by Gasteiger charge is 2.27. The van der Waals surface area contributed by atoms with Crippen LogP contribution in [-0.4, -0.2) is 21.8 Å². The van der Waals surface area contributed by atoms with Crippen molar-refractivity contribution in [2.24, 2.45) is 11.7 Å². The summed E-state index contributed by atoms with van der Waals surface area (Å²) in [6.45, 7) is 35.8. The molecule has 5 atom stereocenters. The summed E-state index contributed by atoms with van der Waals surface area (Å²) in [5.74, 6) is 5.91. The molecule has 7 aromatic carbocycles. The van der Waals surface area contributed by atoms with E-state index in [9.17, 15) is 19.8 Å². The number of hydrogen-bond acceptors (Lipinski definition) is 5. The lowest BCUT2D eigenvalue weighted by Gasteiger charge is -2.22. The molecule has 4 N–H and O–H groups in total. The van der Waals surface area contributed by atoms with Crippen molar-refractivity contribution in [1.29, 1.82) is 0 Å². The van der Waals surface area contributed by atoms with Gasteiger partial charge in [0.2, 0.25) is 0 Å². The van der Waals surface area contributed by atoms with Gasteiger partial charge >= 0.3 is 0 Å². The molecular formula is C90H121NO4. The molecule has 7 aromatic rings. The first-order valence-electron chi connectivity index (χ1n) is 37.2. The molecule has 0 spiro atoms. The second-order valence-corrected chi connectivity index (χ2v) is 31.7. The van der Waals surface area contributed by atoms with Crippen molar-refractivity contribution in [2.75, 3.05) is 0 Å². The quantitative estimate of drug-likeness (QED) is 0.154. The lowest BCUT2D eigenvalue weighted by Crippen LogP contribution is -2.13. The van der Waals surface area contributed by atoms with Gasteiger partial charge in [0.1, 0.15) is 0 Å². The van der Waals surface area contributed by atoms with E-state index in [0.717, 1.165) is 124 Å². The number of Topliss-reactive ketones (excluding diaryl/α,β-unsaturated/α-hetero) is 2. The number of aryl methyl sites for hydroxylation is 7. The predicted molar refractivity (Wildman–Crippen MR) is 402 cm³/mol. The van der Waals surface area contributed by atoms with Gasteiger partial charge in [-0.25, -0.2) is 0 Å². The molecule has 510 valence electrons. The Morgan fingerprint density at radius 1 is 0.368 bits per heavy atom. The highest BCUT2D eigenvalue weighted by atomic mass is 16.3. The van der Waals surface area contributed by atoms with E-state index in [1.54, 1.807) is 22.3 Å². The van der Waals surface area contributed by atoms with Crippen LogP contribution in [0.25, 0.3) is 0 Å². The van der Waals surface area contributed by atoms with Crippen LogP contribution in [-0.2, 0) is 50.4 Å². The van der Waals surface area contributed by atoms with Crippen LogP contribution in [0.3, 0.4) is 0 Å². The van der Waals surface area contributed by atoms with Gasteiger partial charge in [-0.2, -0.15) is 0 Å². The molecule has 7 aliphatic carbocycles. The molecule has 0 amide bonds. The summed E-state index contributed by atoms with van der Waals surface area (Å²) in [5, 5.41) is 19.7. The molecule has 0 aliphatic heterocycles. The molecule has 5 unspecified atom stereocenters. The first-order valence-corrected chi connectivity index (χ1v) is 37.2. The molecule has 95 heavy (non-hydrogen) atoms. The molecule has 0 aromatic heterocycles. The number of hydrogen-bond donors (Lipinski definition) is 3. The van der Waals surface area contributed by atoms with Crippen LogP contribution in [0.5, 0.6) is 0 Å². The lowest BCUT2D eigenvalue weighted by molar-refractivity contribution is 0.0964. The summed E-state index contributed by atoms with van der Waals surface area (Å²) in [6, 6.07) is 48.8. The average molecular weight is 1280 g/mol. The Hall–Kier alpha value is -6.24. The third-order valence-electron chi connectivity index (χ3n) is 21.5. The van der Waals surface area contributed by atoms with Crippen LogP contribution in [0.2, 0.25) is 0 Å². The van der Waals surface area contributed by atoms with Crippen LogP contribution in [0, 0.1) is 5.92 Å². The van der Waals surface area contributed by atoms with Gasteiger partial charge < -0.3 is 15.9 Å². The molecule has 0 saturated carbocycles. The van der Waals surface area contributed by atoms with Crippen LogP contribution >= 0.6 is 0 Å². The molecule has 0 radical (unpaired) electrons. The second kappa shape index (κ2) is 34.3. The maximum atomic E-state index is 11.7. The zero-order chi connectivity index (χ0) is 68.8. The monoisotopic (exact) mass is 1280 g/mol. The van der Waals surface area contributed by atoms with Crippen LogP contribution in [0.4, 0.5) is 0 Å². The van der Waals surface area contributed by atoms with Crippen molar-refractivity contribution in [3.63, 3.8) is 0 Å². The fourth-order valence-electron chi connectivity index (χ4n) is 14.9. The zero-order valence-electron chi connectivity index (χ0n) is 61.6. The van der Waals surface area contributed by atoms with E-state index in [1.807, 2.05) is 6.07 Å². The van der Waals surface area contributed by atoms with Gasteiger partial charge in [-0.15, -0.1) is 0 Å². The molecular weight excluding hydrogens is 1160 g/mol. The van der Waals surface area contributed by atoms with Crippen molar-refractivity contribution in [1.82, 2.24) is 0 Å². The largest absolute Gasteiger partial charge is 0.388 e. The number of fused-ring (bicyclic) bond motifs is 7. The maximum absolute atomic E-state index is 11.7. The average Bonchev–Trinajstić information content (AvgIpc) is 1.94. The minimum absolute atomic E-state index is 0.222. The number of aliphatic hydroxyl groups is 2. The summed E-state index contributed by atoms with van der Waals surface area (Å²) in [7, 11) is 0. The lowest BCUT2D eigenvalue weighted by atomic mass is 9.85. The first-order chi connectivity index (χ1) is 45.2. The molecule has 7 aliphatic rings. The zero-order valence-corrected chi connectivity index (χ0v) is 61.6. The Balaban J connectivity index is 0.000000142. The van der Waals surface area contributed by atoms with Crippen molar-refractivity contribution >= 4 is 11.6 Å². The van der Waals surface area contributed by atoms with Crippen LogP contribution < -0.4 is 5.73 Å². The first kappa shape index (κ1) is 74.5. The SMILES string of the molecule is CC(C)(C)c1ccc2c(c1)C(N)CC2.CC(C)C1CCc2ccccc21.CC(C)c1ccc2c(c1)C(=O)CCC2.CC(C)c1ccc2c(c1)C(C)CC2.CC(C)c1ccc2c(c1)C(O)CCC2.CC(C)c1ccc2c(c1)CCCC2=O.CC(C)c1ccc2c(c1)CCCC2O. The highest BCUT2D eigenvalue weighted by molar-refractivity contribution is 5.99. The van der Waals surface area contributed by atoms with Crippen molar-refractivity contribution in [3.8, 4) is 0 Å². The minimum atomic E-state index is -0.225. The number of rotatable bonds is 6. The van der Waals surface area contributed by atoms with Gasteiger partial charge in [-0.3, -0.25) is 9.59 Å². The molecule has 5 heteroatoms. The summed E-state index contributed by atoms with van der Waals surface area (Å²) in [5.41, 5.74) is 33.2. The number of benzene rings is 7. The van der Waals surface area contributed by atoms with E-state index < -0.39 is 0 Å². The fourth-order valence-corrected chi connectivity index (χ4v) is 14.9. The Kier molecular flexibility index (Phi) is 26.9. The topological polar surface area (TPSA) is 101 Å². The third kappa shape index (κ3) is 20.0. The molecule has 0 heterocycles. The van der Waals surface area contributed by atoms with Crippen LogP contribution in [0.1, 0.15) is 362 Å². The number of carbonyl (C=O) groups excluding carboxylic acids is 2. The molecule has 0 saturated heterocycles. The van der Waals surface area contributed by atoms with Gasteiger partial charge in [0.15, 0.2) is 11.6 Å². The van der Waals surface area contributed by atoms with E-state index in [1.165, 1.54) is 98.0 Å². The molecule has 5 nitrogen and oxygen atoms in total. The number of carbonyl (C=O) groups is 2. The van der Waals surface area contributed by atoms with Gasteiger partial charge in [-0.05, 0) is 262 Å². The Bertz CT molecular complexity index is 3660. The predicted octanol–water partition coefficient (Wildman–Crippen LogP) is 23.2. The number of nitrogens with two attached hydrogens (primary N) is 1. The summed E-state index contributed by atoms with van der Waals surface area (Å²) in [4.78, 5) is 23.2. The van der Waals surface area contributed by atoms with E-state index in [-0.39, 0.29) is 23.7 Å². The van der Waals surface area contributed by atoms with Crippen molar-refractivity contribution in [2.45, 2.75) is 291 Å². The minimum Gasteiger partial charge on any atom is -0.388 e. The molecule has 0 fully saturated rings. The van der Waals surface area contributed by atoms with Gasteiger partial charge in [0.25, 0.3) is 0 Å². The smallest absolute Gasteiger partial charge is 0.163 e. The number of aliphatic hydroxyl groups excluding tert-OH is 2. The van der Waals surface area contributed by atoms with Gasteiger partial charge in [0.05, 0.1) is 12.2 Å². The Labute approximate surface area is 576 Å². The van der Waals surface area contributed by atoms with E-state index in [2.05, 4.69) is 238 Å². The summed E-state index contributed by atoms with van der Waals surface area (Å²) >= 11 is 0. The Morgan fingerprint density at radius 2 is 0.811 bits per heavy atom. The molecule has 0 bridgehead atoms. The summed E-state index contributed by atoms with van der Waals surface area (Å²) in [6.07, 6.45) is 19.1. The third-order valence-corrected chi connectivity index (χ3v) is 21.5. The molecule has 14 rings (SSSR count). The number of ketones is 2. The van der Waals surface area contributed by atoms with Gasteiger partial charge in [0, 0.05) is 30.0 Å². The fraction of sp³-hybridized carbons (Fsp3) is 0.511. The maximum Gasteiger partial charge on any atom is 0.163 e. The van der Waals surface area contributed by atoms with Crippen molar-refractivity contribution in [3.05, 3.63) is 245 Å². The van der Waals surface area contributed by atoms with Gasteiger partial charge in [-0.1, -0.05) is 238 Å². The van der Waals surface area contributed by atoms with E-state index >= 15 is 0 Å².